The average molecular weight is 262 g/mol. The molecule has 3 aromatic heterocycles. The van der Waals surface area contributed by atoms with Crippen molar-refractivity contribution in [3.63, 3.8) is 0 Å². The monoisotopic (exact) mass is 262 g/mol. The van der Waals surface area contributed by atoms with E-state index in [1.54, 1.807) is 11.3 Å². The van der Waals surface area contributed by atoms with Crippen LogP contribution < -0.4 is 0 Å². The first-order valence-corrected chi connectivity index (χ1v) is 6.97. The molecule has 4 rings (SSSR count). The van der Waals surface area contributed by atoms with Crippen LogP contribution in [0.3, 0.4) is 0 Å². The van der Waals surface area contributed by atoms with Crippen LogP contribution in [-0.2, 0) is 0 Å². The second-order valence-corrected chi connectivity index (χ2v) is 5.31. The van der Waals surface area contributed by atoms with Crippen LogP contribution in [-0.4, -0.2) is 9.97 Å². The summed E-state index contributed by atoms with van der Waals surface area (Å²) in [5.41, 5.74) is 2.21. The lowest BCUT2D eigenvalue weighted by Gasteiger charge is -2.04. The predicted molar refractivity (Wildman–Crippen MR) is 80.4 cm³/mol. The largest absolute Gasteiger partial charge is 0.264 e. The minimum absolute atomic E-state index is 1.04. The summed E-state index contributed by atoms with van der Waals surface area (Å²) in [4.78, 5) is 8.81. The molecule has 0 aliphatic rings. The number of fused-ring (bicyclic) bond motifs is 2. The predicted octanol–water partition coefficient (Wildman–Crippen LogP) is 4.51. The minimum Gasteiger partial charge on any atom is -0.264 e. The van der Waals surface area contributed by atoms with Gasteiger partial charge in [0.25, 0.3) is 0 Å². The molecule has 3 heterocycles. The van der Waals surface area contributed by atoms with E-state index in [1.807, 2.05) is 24.7 Å². The quantitative estimate of drug-likeness (QED) is 0.504. The average Bonchev–Trinajstić information content (AvgIpc) is 2.90. The molecule has 0 radical (unpaired) electrons. The highest BCUT2D eigenvalue weighted by Gasteiger charge is 2.10. The molecule has 3 heteroatoms. The van der Waals surface area contributed by atoms with E-state index in [1.165, 1.54) is 26.4 Å². The van der Waals surface area contributed by atoms with Crippen LogP contribution in [0.15, 0.2) is 60.4 Å². The van der Waals surface area contributed by atoms with E-state index in [9.17, 15) is 0 Å². The molecule has 0 unspecified atom stereocenters. The second kappa shape index (κ2) is 4.14. The van der Waals surface area contributed by atoms with Gasteiger partial charge in [0, 0.05) is 45.0 Å². The molecule has 90 valence electrons. The Kier molecular flexibility index (Phi) is 2.32. The Balaban J connectivity index is 2.10. The second-order valence-electron chi connectivity index (χ2n) is 4.40. The summed E-state index contributed by atoms with van der Waals surface area (Å²) in [5.74, 6) is 0. The van der Waals surface area contributed by atoms with Crippen molar-refractivity contribution in [2.45, 2.75) is 0 Å². The summed E-state index contributed by atoms with van der Waals surface area (Å²) >= 11 is 1.74. The van der Waals surface area contributed by atoms with Crippen LogP contribution in [0.2, 0.25) is 0 Å². The third-order valence-electron chi connectivity index (χ3n) is 3.30. The van der Waals surface area contributed by atoms with Crippen molar-refractivity contribution in [3.05, 3.63) is 60.4 Å². The van der Waals surface area contributed by atoms with Crippen molar-refractivity contribution in [2.75, 3.05) is 0 Å². The summed E-state index contributed by atoms with van der Waals surface area (Å²) in [6.07, 6.45) is 5.63. The number of benzene rings is 1. The number of hydrogen-bond donors (Lipinski definition) is 0. The molecule has 0 saturated carbocycles. The molecule has 0 amide bonds. The van der Waals surface area contributed by atoms with E-state index < -0.39 is 0 Å². The maximum atomic E-state index is 4.58. The topological polar surface area (TPSA) is 25.8 Å². The first kappa shape index (κ1) is 10.6. The number of nitrogens with zero attached hydrogens (tertiary/aromatic N) is 2. The van der Waals surface area contributed by atoms with Gasteiger partial charge in [-0.05, 0) is 17.5 Å². The van der Waals surface area contributed by atoms with Crippen molar-refractivity contribution in [1.29, 1.82) is 0 Å². The maximum Gasteiger partial charge on any atom is 0.0795 e. The van der Waals surface area contributed by atoms with E-state index in [0.29, 0.717) is 0 Å². The molecular weight excluding hydrogens is 252 g/mol. The lowest BCUT2D eigenvalue weighted by Crippen LogP contribution is -1.84. The zero-order valence-electron chi connectivity index (χ0n) is 10.1. The SMILES string of the molecule is c1ccc2c(-c3csc4ccncc34)nccc2c1. The molecular formula is C16H10N2S. The van der Waals surface area contributed by atoms with Gasteiger partial charge >= 0.3 is 0 Å². The maximum absolute atomic E-state index is 4.58. The molecule has 4 aromatic rings. The molecule has 2 nitrogen and oxygen atoms in total. The molecule has 0 bridgehead atoms. The first-order valence-electron chi connectivity index (χ1n) is 6.09. The standard InChI is InChI=1S/C16H10N2S/c1-2-4-12-11(3-1)5-8-18-16(12)14-10-19-15-6-7-17-9-13(14)15/h1-10H. The van der Waals surface area contributed by atoms with Crippen LogP contribution in [0.4, 0.5) is 0 Å². The van der Waals surface area contributed by atoms with Gasteiger partial charge in [-0.25, -0.2) is 0 Å². The molecule has 19 heavy (non-hydrogen) atoms. The molecule has 0 N–H and O–H groups in total. The highest BCUT2D eigenvalue weighted by Crippen LogP contribution is 2.35. The summed E-state index contributed by atoms with van der Waals surface area (Å²) in [5, 5.41) is 5.75. The van der Waals surface area contributed by atoms with Gasteiger partial charge in [-0.3, -0.25) is 9.97 Å². The third kappa shape index (κ3) is 1.63. The highest BCUT2D eigenvalue weighted by atomic mass is 32.1. The molecule has 0 spiro atoms. The molecule has 0 atom stereocenters. The van der Waals surface area contributed by atoms with Gasteiger partial charge < -0.3 is 0 Å². The van der Waals surface area contributed by atoms with E-state index in [0.717, 1.165) is 5.69 Å². The summed E-state index contributed by atoms with van der Waals surface area (Å²) < 4.78 is 1.25. The van der Waals surface area contributed by atoms with E-state index >= 15 is 0 Å². The summed E-state index contributed by atoms with van der Waals surface area (Å²) in [6, 6.07) is 12.4. The van der Waals surface area contributed by atoms with Crippen molar-refractivity contribution >= 4 is 32.2 Å². The number of thiophene rings is 1. The van der Waals surface area contributed by atoms with Crippen LogP contribution in [0.1, 0.15) is 0 Å². The van der Waals surface area contributed by atoms with E-state index in [-0.39, 0.29) is 0 Å². The van der Waals surface area contributed by atoms with Gasteiger partial charge in [0.05, 0.1) is 5.69 Å². The summed E-state index contributed by atoms with van der Waals surface area (Å²) in [6.45, 7) is 0. The number of rotatable bonds is 1. The zero-order valence-corrected chi connectivity index (χ0v) is 10.9. The Bertz CT molecular complexity index is 875. The van der Waals surface area contributed by atoms with Gasteiger partial charge in [-0.1, -0.05) is 24.3 Å². The lowest BCUT2D eigenvalue weighted by molar-refractivity contribution is 1.35. The fourth-order valence-corrected chi connectivity index (χ4v) is 3.30. The fraction of sp³-hybridized carbons (Fsp3) is 0. The van der Waals surface area contributed by atoms with Gasteiger partial charge in [0.15, 0.2) is 0 Å². The normalized spacial score (nSPS) is 11.2. The third-order valence-corrected chi connectivity index (χ3v) is 4.27. The smallest absolute Gasteiger partial charge is 0.0795 e. The lowest BCUT2D eigenvalue weighted by atomic mass is 10.0. The number of pyridine rings is 2. The summed E-state index contributed by atoms with van der Waals surface area (Å²) in [7, 11) is 0. The van der Waals surface area contributed by atoms with Gasteiger partial charge in [-0.2, -0.15) is 0 Å². The fourth-order valence-electron chi connectivity index (χ4n) is 2.39. The van der Waals surface area contributed by atoms with Crippen LogP contribution in [0.25, 0.3) is 32.1 Å². The molecule has 0 fully saturated rings. The van der Waals surface area contributed by atoms with Gasteiger partial charge in [0.2, 0.25) is 0 Å². The Morgan fingerprint density at radius 2 is 1.84 bits per heavy atom. The van der Waals surface area contributed by atoms with Crippen molar-refractivity contribution in [2.24, 2.45) is 0 Å². The van der Waals surface area contributed by atoms with Crippen LogP contribution in [0.5, 0.6) is 0 Å². The van der Waals surface area contributed by atoms with Gasteiger partial charge in [0.1, 0.15) is 0 Å². The van der Waals surface area contributed by atoms with Crippen LogP contribution in [0, 0.1) is 0 Å². The van der Waals surface area contributed by atoms with Gasteiger partial charge in [-0.15, -0.1) is 11.3 Å². The Hall–Kier alpha value is -2.26. The molecule has 0 aliphatic heterocycles. The highest BCUT2D eigenvalue weighted by molar-refractivity contribution is 7.17. The number of hydrogen-bond acceptors (Lipinski definition) is 3. The van der Waals surface area contributed by atoms with E-state index in [2.05, 4.69) is 45.7 Å². The first-order chi connectivity index (χ1) is 9.43. The number of aromatic nitrogens is 2. The zero-order chi connectivity index (χ0) is 12.7. The minimum atomic E-state index is 1.04. The molecule has 0 aliphatic carbocycles. The Morgan fingerprint density at radius 3 is 2.84 bits per heavy atom. The Labute approximate surface area is 114 Å². The van der Waals surface area contributed by atoms with Crippen LogP contribution >= 0.6 is 11.3 Å². The van der Waals surface area contributed by atoms with Crippen molar-refractivity contribution < 1.29 is 0 Å². The Morgan fingerprint density at radius 1 is 0.895 bits per heavy atom. The molecule has 1 aromatic carbocycles. The van der Waals surface area contributed by atoms with E-state index in [4.69, 9.17) is 0 Å². The van der Waals surface area contributed by atoms with Crippen molar-refractivity contribution in [1.82, 2.24) is 9.97 Å². The van der Waals surface area contributed by atoms with Crippen molar-refractivity contribution in [3.8, 4) is 11.3 Å². The molecule has 0 saturated heterocycles.